The first-order chi connectivity index (χ1) is 9.33. The van der Waals surface area contributed by atoms with E-state index in [1.165, 1.54) is 0 Å². The van der Waals surface area contributed by atoms with E-state index in [2.05, 4.69) is 4.98 Å². The monoisotopic (exact) mass is 309 g/mol. The van der Waals surface area contributed by atoms with E-state index in [9.17, 15) is 18.3 Å². The van der Waals surface area contributed by atoms with Crippen LogP contribution in [-0.4, -0.2) is 29.1 Å². The fraction of sp³-hybridized carbons (Fsp3) is 0.750. The van der Waals surface area contributed by atoms with Crippen LogP contribution in [0.3, 0.4) is 0 Å². The highest BCUT2D eigenvalue weighted by atomic mass is 32.1. The van der Waals surface area contributed by atoms with Crippen molar-refractivity contribution in [2.75, 3.05) is 13.2 Å². The van der Waals surface area contributed by atoms with Crippen LogP contribution in [0, 0.1) is 0 Å². The van der Waals surface area contributed by atoms with Crippen molar-refractivity contribution in [2.45, 2.75) is 43.2 Å². The molecule has 2 aliphatic rings. The molecule has 2 heterocycles. The van der Waals surface area contributed by atoms with Crippen molar-refractivity contribution in [2.24, 2.45) is 0 Å². The molecule has 3 rings (SSSR count). The summed E-state index contributed by atoms with van der Waals surface area (Å²) in [5.41, 5.74) is -1.26. The molecule has 2 fully saturated rings. The topological polar surface area (TPSA) is 51.6 Å². The SMILES string of the molecule is OC1(c2cnc(C(F)(F)F)s2)CCC2(CC1)OCCO2. The standard InChI is InChI=1S/C12H14F3NO3S/c13-12(14,15)9-16-7-8(20-9)10(17)1-3-11(4-2-10)18-5-6-19-11/h7,17H,1-6H2. The molecule has 1 aromatic rings. The van der Waals surface area contributed by atoms with E-state index in [0.29, 0.717) is 50.2 Å². The van der Waals surface area contributed by atoms with Crippen LogP contribution in [0.1, 0.15) is 35.6 Å². The van der Waals surface area contributed by atoms with E-state index >= 15 is 0 Å². The van der Waals surface area contributed by atoms with Crippen molar-refractivity contribution in [3.63, 3.8) is 0 Å². The fourth-order valence-corrected chi connectivity index (χ4v) is 3.63. The Bertz CT molecular complexity index is 486. The Kier molecular flexibility index (Phi) is 3.32. The minimum Gasteiger partial charge on any atom is -0.384 e. The van der Waals surface area contributed by atoms with E-state index in [0.717, 1.165) is 6.20 Å². The van der Waals surface area contributed by atoms with Gasteiger partial charge in [0.15, 0.2) is 10.8 Å². The van der Waals surface area contributed by atoms with Gasteiger partial charge in [0.2, 0.25) is 0 Å². The Labute approximate surface area is 117 Å². The van der Waals surface area contributed by atoms with Crippen LogP contribution in [0.15, 0.2) is 6.20 Å². The van der Waals surface area contributed by atoms with Crippen molar-refractivity contribution in [3.05, 3.63) is 16.1 Å². The van der Waals surface area contributed by atoms with Crippen LogP contribution in [0.25, 0.3) is 0 Å². The summed E-state index contributed by atoms with van der Waals surface area (Å²) >= 11 is 0.508. The maximum atomic E-state index is 12.6. The lowest BCUT2D eigenvalue weighted by Gasteiger charge is -2.39. The summed E-state index contributed by atoms with van der Waals surface area (Å²) in [6.07, 6.45) is -1.76. The third-order valence-electron chi connectivity index (χ3n) is 3.86. The van der Waals surface area contributed by atoms with Gasteiger partial charge >= 0.3 is 6.18 Å². The number of hydrogen-bond acceptors (Lipinski definition) is 5. The number of ether oxygens (including phenoxy) is 2. The van der Waals surface area contributed by atoms with E-state index in [1.807, 2.05) is 0 Å². The molecule has 1 N–H and O–H groups in total. The van der Waals surface area contributed by atoms with E-state index in [-0.39, 0.29) is 4.88 Å². The zero-order valence-corrected chi connectivity index (χ0v) is 11.4. The molecule has 20 heavy (non-hydrogen) atoms. The number of aromatic nitrogens is 1. The number of hydrogen-bond donors (Lipinski definition) is 1. The summed E-state index contributed by atoms with van der Waals surface area (Å²) in [7, 11) is 0. The second-order valence-corrected chi connectivity index (χ2v) is 6.20. The van der Waals surface area contributed by atoms with E-state index in [4.69, 9.17) is 9.47 Å². The molecule has 0 bridgehead atoms. The van der Waals surface area contributed by atoms with Gasteiger partial charge in [0.1, 0.15) is 5.60 Å². The van der Waals surface area contributed by atoms with Crippen molar-refractivity contribution >= 4 is 11.3 Å². The first-order valence-electron chi connectivity index (χ1n) is 6.37. The number of halogens is 3. The summed E-state index contributed by atoms with van der Waals surface area (Å²) in [5.74, 6) is -0.649. The van der Waals surface area contributed by atoms with Gasteiger partial charge < -0.3 is 14.6 Å². The molecular formula is C12H14F3NO3S. The van der Waals surface area contributed by atoms with Crippen molar-refractivity contribution in [1.82, 2.24) is 4.98 Å². The van der Waals surface area contributed by atoms with E-state index in [1.54, 1.807) is 0 Å². The molecule has 1 aromatic heterocycles. The lowest BCUT2D eigenvalue weighted by atomic mass is 9.80. The van der Waals surface area contributed by atoms with Gasteiger partial charge in [-0.25, -0.2) is 4.98 Å². The van der Waals surface area contributed by atoms with Crippen molar-refractivity contribution in [3.8, 4) is 0 Å². The first-order valence-corrected chi connectivity index (χ1v) is 7.19. The van der Waals surface area contributed by atoms with Gasteiger partial charge in [0.25, 0.3) is 0 Å². The third kappa shape index (κ3) is 2.45. The molecule has 1 aliphatic heterocycles. The molecule has 1 saturated carbocycles. The summed E-state index contributed by atoms with van der Waals surface area (Å²) in [6.45, 7) is 1.05. The molecule has 1 spiro atoms. The van der Waals surface area contributed by atoms with Gasteiger partial charge in [-0.3, -0.25) is 0 Å². The quantitative estimate of drug-likeness (QED) is 0.866. The maximum Gasteiger partial charge on any atom is 0.443 e. The number of thiazole rings is 1. The van der Waals surface area contributed by atoms with Crippen LogP contribution in [-0.2, 0) is 21.3 Å². The first kappa shape index (κ1) is 14.2. The van der Waals surface area contributed by atoms with Gasteiger partial charge in [-0.1, -0.05) is 0 Å². The molecule has 0 aromatic carbocycles. The molecular weight excluding hydrogens is 295 g/mol. The zero-order chi connectivity index (χ0) is 14.4. The maximum absolute atomic E-state index is 12.6. The molecule has 1 saturated heterocycles. The highest BCUT2D eigenvalue weighted by Crippen LogP contribution is 2.47. The largest absolute Gasteiger partial charge is 0.443 e. The average molecular weight is 309 g/mol. The van der Waals surface area contributed by atoms with Crippen LogP contribution in [0.5, 0.6) is 0 Å². The van der Waals surface area contributed by atoms with Crippen molar-refractivity contribution in [1.29, 1.82) is 0 Å². The fourth-order valence-electron chi connectivity index (χ4n) is 2.70. The Hall–Kier alpha value is -0.700. The molecule has 0 amide bonds. The summed E-state index contributed by atoms with van der Waals surface area (Å²) in [5, 5.41) is 9.64. The molecule has 112 valence electrons. The molecule has 1 aliphatic carbocycles. The van der Waals surface area contributed by atoms with Crippen LogP contribution < -0.4 is 0 Å². The van der Waals surface area contributed by atoms with E-state index < -0.39 is 22.6 Å². The smallest absolute Gasteiger partial charge is 0.384 e. The normalized spacial score (nSPS) is 25.2. The number of aliphatic hydroxyl groups is 1. The predicted octanol–water partition coefficient (Wildman–Crippen LogP) is 2.67. The van der Waals surface area contributed by atoms with Gasteiger partial charge in [-0.05, 0) is 12.8 Å². The Morgan fingerprint density at radius 1 is 1.15 bits per heavy atom. The number of nitrogens with zero attached hydrogens (tertiary/aromatic N) is 1. The number of alkyl halides is 3. The third-order valence-corrected chi connectivity index (χ3v) is 5.09. The summed E-state index contributed by atoms with van der Waals surface area (Å²) in [4.78, 5) is 3.63. The summed E-state index contributed by atoms with van der Waals surface area (Å²) < 4.78 is 48.8. The van der Waals surface area contributed by atoms with Gasteiger partial charge in [-0.2, -0.15) is 13.2 Å². The highest BCUT2D eigenvalue weighted by Gasteiger charge is 2.47. The molecule has 0 radical (unpaired) electrons. The number of rotatable bonds is 1. The minimum absolute atomic E-state index is 0.262. The average Bonchev–Trinajstić information content (AvgIpc) is 3.03. The Morgan fingerprint density at radius 3 is 2.25 bits per heavy atom. The van der Waals surface area contributed by atoms with Gasteiger partial charge in [0.05, 0.1) is 18.1 Å². The molecule has 4 nitrogen and oxygen atoms in total. The van der Waals surface area contributed by atoms with Crippen molar-refractivity contribution < 1.29 is 27.8 Å². The van der Waals surface area contributed by atoms with Gasteiger partial charge in [0, 0.05) is 19.0 Å². The zero-order valence-electron chi connectivity index (χ0n) is 10.6. The van der Waals surface area contributed by atoms with Gasteiger partial charge in [-0.15, -0.1) is 11.3 Å². The van der Waals surface area contributed by atoms with Crippen LogP contribution in [0.2, 0.25) is 0 Å². The van der Waals surface area contributed by atoms with Crippen LogP contribution in [0.4, 0.5) is 13.2 Å². The highest BCUT2D eigenvalue weighted by molar-refractivity contribution is 7.11. The predicted molar refractivity (Wildman–Crippen MR) is 64.1 cm³/mol. The lowest BCUT2D eigenvalue weighted by Crippen LogP contribution is -2.41. The minimum atomic E-state index is -4.47. The lowest BCUT2D eigenvalue weighted by molar-refractivity contribution is -0.203. The van der Waals surface area contributed by atoms with Crippen LogP contribution >= 0.6 is 11.3 Å². The Morgan fingerprint density at radius 2 is 1.75 bits per heavy atom. The molecule has 0 unspecified atom stereocenters. The Balaban J connectivity index is 1.75. The second-order valence-electron chi connectivity index (χ2n) is 5.17. The molecule has 8 heteroatoms. The molecule has 0 atom stereocenters. The second kappa shape index (κ2) is 4.66. The summed E-state index contributed by atoms with van der Waals surface area (Å²) in [6, 6.07) is 0.